The topological polar surface area (TPSA) is 12.9 Å². The molecule has 1 rings (SSSR count). The fourth-order valence-corrected chi connectivity index (χ4v) is 0.592. The van der Waals surface area contributed by atoms with Crippen molar-refractivity contribution in [2.45, 2.75) is 6.18 Å². The van der Waals surface area contributed by atoms with Gasteiger partial charge >= 0.3 is 6.18 Å². The molecular weight excluding hydrogens is 155 g/mol. The average Bonchev–Trinajstić information content (AvgIpc) is 1.86. The molecule has 1 radical (unpaired) electrons. The van der Waals surface area contributed by atoms with Gasteiger partial charge in [0.05, 0.1) is 5.56 Å². The minimum Gasteiger partial charge on any atom is -0.261 e. The number of pyridine rings is 1. The molecule has 0 saturated heterocycles. The maximum Gasteiger partial charge on any atom is 0.417 e. The largest absolute Gasteiger partial charge is 0.417 e. The van der Waals surface area contributed by atoms with Gasteiger partial charge in [0.25, 0.3) is 0 Å². The first-order chi connectivity index (χ1) is 5.00. The predicted molar refractivity (Wildman–Crippen MR) is 33.7 cm³/mol. The lowest BCUT2D eigenvalue weighted by Crippen LogP contribution is -2.05. The van der Waals surface area contributed by atoms with Crippen LogP contribution < -0.4 is 0 Å². The summed E-state index contributed by atoms with van der Waals surface area (Å²) in [6.45, 7) is 3.37. The van der Waals surface area contributed by atoms with Crippen LogP contribution in [0.25, 0.3) is 0 Å². The minimum absolute atomic E-state index is 0.331. The summed E-state index contributed by atoms with van der Waals surface area (Å²) in [6.07, 6.45) is -3.54. The van der Waals surface area contributed by atoms with E-state index in [-0.39, 0.29) is 0 Å². The molecular formula is C7H5F3N. The number of rotatable bonds is 0. The smallest absolute Gasteiger partial charge is 0.261 e. The van der Waals surface area contributed by atoms with Gasteiger partial charge < -0.3 is 0 Å². The van der Waals surface area contributed by atoms with Crippen molar-refractivity contribution in [1.29, 1.82) is 0 Å². The molecule has 0 aliphatic heterocycles. The van der Waals surface area contributed by atoms with E-state index in [0.29, 0.717) is 5.69 Å². The fourth-order valence-electron chi connectivity index (χ4n) is 0.592. The molecule has 0 aliphatic carbocycles. The summed E-state index contributed by atoms with van der Waals surface area (Å²) in [7, 11) is 0. The third-order valence-electron chi connectivity index (χ3n) is 1.15. The zero-order valence-electron chi connectivity index (χ0n) is 5.52. The van der Waals surface area contributed by atoms with Gasteiger partial charge in [-0.2, -0.15) is 13.2 Å². The lowest BCUT2D eigenvalue weighted by Gasteiger charge is -2.04. The second kappa shape index (κ2) is 2.53. The van der Waals surface area contributed by atoms with Gasteiger partial charge in [0.2, 0.25) is 0 Å². The summed E-state index contributed by atoms with van der Waals surface area (Å²) >= 11 is 0. The molecule has 1 nitrogen and oxygen atoms in total. The van der Waals surface area contributed by atoms with E-state index in [1.807, 2.05) is 0 Å². The van der Waals surface area contributed by atoms with Gasteiger partial charge in [-0.05, 0) is 19.1 Å². The van der Waals surface area contributed by atoms with E-state index in [4.69, 9.17) is 0 Å². The van der Waals surface area contributed by atoms with Gasteiger partial charge in [-0.15, -0.1) is 0 Å². The van der Waals surface area contributed by atoms with Crippen molar-refractivity contribution < 1.29 is 13.2 Å². The lowest BCUT2D eigenvalue weighted by molar-refractivity contribution is -0.137. The fraction of sp³-hybridized carbons (Fsp3) is 0.143. The van der Waals surface area contributed by atoms with Crippen LogP contribution in [0.2, 0.25) is 0 Å². The predicted octanol–water partition coefficient (Wildman–Crippen LogP) is 2.28. The Morgan fingerprint density at radius 1 is 1.27 bits per heavy atom. The number of hydrogen-bond acceptors (Lipinski definition) is 1. The Hall–Kier alpha value is -1.06. The maximum absolute atomic E-state index is 11.9. The molecule has 0 bridgehead atoms. The van der Waals surface area contributed by atoms with Gasteiger partial charge in [0.15, 0.2) is 0 Å². The molecule has 0 amide bonds. The molecule has 0 aromatic carbocycles. The number of halogens is 3. The van der Waals surface area contributed by atoms with E-state index in [1.54, 1.807) is 0 Å². The van der Waals surface area contributed by atoms with E-state index >= 15 is 0 Å². The maximum atomic E-state index is 11.9. The number of aromatic nitrogens is 1. The Kier molecular flexibility index (Phi) is 1.85. The van der Waals surface area contributed by atoms with Crippen molar-refractivity contribution in [3.05, 3.63) is 36.5 Å². The van der Waals surface area contributed by atoms with E-state index in [9.17, 15) is 13.2 Å². The highest BCUT2D eigenvalue weighted by Crippen LogP contribution is 2.28. The Labute approximate surface area is 61.9 Å². The van der Waals surface area contributed by atoms with Crippen molar-refractivity contribution in [3.63, 3.8) is 0 Å². The monoisotopic (exact) mass is 160 g/mol. The summed E-state index contributed by atoms with van der Waals surface area (Å²) in [4.78, 5) is 3.41. The molecule has 0 spiro atoms. The van der Waals surface area contributed by atoms with Crippen molar-refractivity contribution in [3.8, 4) is 0 Å². The van der Waals surface area contributed by atoms with Gasteiger partial charge in [-0.1, -0.05) is 0 Å². The zero-order chi connectivity index (χ0) is 8.48. The SMILES string of the molecule is [CH2]c1ccc(C(F)(F)F)cn1. The van der Waals surface area contributed by atoms with Crippen LogP contribution in [0.5, 0.6) is 0 Å². The molecule has 0 saturated carbocycles. The third-order valence-corrected chi connectivity index (χ3v) is 1.15. The van der Waals surface area contributed by atoms with Crippen LogP contribution >= 0.6 is 0 Å². The molecule has 59 valence electrons. The second-order valence-electron chi connectivity index (χ2n) is 2.04. The number of nitrogens with zero attached hydrogens (tertiary/aromatic N) is 1. The summed E-state index contributed by atoms with van der Waals surface area (Å²) in [5.41, 5.74) is -0.414. The summed E-state index contributed by atoms with van der Waals surface area (Å²) in [5, 5.41) is 0. The highest BCUT2D eigenvalue weighted by molar-refractivity contribution is 5.17. The molecule has 0 fully saturated rings. The van der Waals surface area contributed by atoms with E-state index in [0.717, 1.165) is 12.3 Å². The van der Waals surface area contributed by atoms with Crippen molar-refractivity contribution >= 4 is 0 Å². The third kappa shape index (κ3) is 1.93. The van der Waals surface area contributed by atoms with Crippen LogP contribution in [0.3, 0.4) is 0 Å². The van der Waals surface area contributed by atoms with Crippen LogP contribution in [0.1, 0.15) is 11.3 Å². The molecule has 1 aromatic heterocycles. The molecule has 0 N–H and O–H groups in total. The van der Waals surface area contributed by atoms with E-state index < -0.39 is 11.7 Å². The quantitative estimate of drug-likeness (QED) is 0.567. The van der Waals surface area contributed by atoms with Gasteiger partial charge in [0, 0.05) is 11.9 Å². The van der Waals surface area contributed by atoms with Crippen molar-refractivity contribution in [2.24, 2.45) is 0 Å². The highest BCUT2D eigenvalue weighted by atomic mass is 19.4. The standard InChI is InChI=1S/C7H5F3N/c1-5-2-3-6(4-11-5)7(8,9)10/h2-4H,1H2. The van der Waals surface area contributed by atoms with Crippen LogP contribution in [-0.4, -0.2) is 4.98 Å². The minimum atomic E-state index is -4.30. The molecule has 1 aromatic rings. The molecule has 4 heteroatoms. The second-order valence-corrected chi connectivity index (χ2v) is 2.04. The first-order valence-electron chi connectivity index (χ1n) is 2.85. The molecule has 0 unspecified atom stereocenters. The first kappa shape index (κ1) is 8.04. The van der Waals surface area contributed by atoms with Gasteiger partial charge in [0.1, 0.15) is 0 Å². The van der Waals surface area contributed by atoms with Crippen LogP contribution in [0.15, 0.2) is 18.3 Å². The van der Waals surface area contributed by atoms with Gasteiger partial charge in [-0.25, -0.2) is 0 Å². The molecule has 0 atom stereocenters. The van der Waals surface area contributed by atoms with Crippen LogP contribution in [0.4, 0.5) is 13.2 Å². The van der Waals surface area contributed by atoms with Crippen molar-refractivity contribution in [1.82, 2.24) is 4.98 Å². The first-order valence-corrected chi connectivity index (χ1v) is 2.85. The molecule has 1 heterocycles. The van der Waals surface area contributed by atoms with Crippen molar-refractivity contribution in [2.75, 3.05) is 0 Å². The molecule has 0 aliphatic rings. The van der Waals surface area contributed by atoms with Gasteiger partial charge in [-0.3, -0.25) is 4.98 Å². The zero-order valence-corrected chi connectivity index (χ0v) is 5.52. The number of alkyl halides is 3. The Balaban J connectivity index is 2.99. The summed E-state index contributed by atoms with van der Waals surface area (Å²) in [5.74, 6) is 0. The van der Waals surface area contributed by atoms with Crippen LogP contribution in [0, 0.1) is 6.92 Å². The lowest BCUT2D eigenvalue weighted by atomic mass is 10.2. The average molecular weight is 160 g/mol. The summed E-state index contributed by atoms with van der Waals surface area (Å²) in [6, 6.07) is 2.18. The summed E-state index contributed by atoms with van der Waals surface area (Å²) < 4.78 is 35.6. The molecule has 11 heavy (non-hydrogen) atoms. The Morgan fingerprint density at radius 2 is 1.91 bits per heavy atom. The number of hydrogen-bond donors (Lipinski definition) is 0. The van der Waals surface area contributed by atoms with E-state index in [1.165, 1.54) is 6.07 Å². The Morgan fingerprint density at radius 3 is 2.27 bits per heavy atom. The highest BCUT2D eigenvalue weighted by Gasteiger charge is 2.30. The van der Waals surface area contributed by atoms with Crippen LogP contribution in [-0.2, 0) is 6.18 Å². The normalized spacial score (nSPS) is 11.6. The van der Waals surface area contributed by atoms with E-state index in [2.05, 4.69) is 11.9 Å². The Bertz CT molecular complexity index is 237.